The third kappa shape index (κ3) is 6.76. The molecule has 0 aromatic rings. The zero-order valence-corrected chi connectivity index (χ0v) is 10.5. The first-order valence-corrected chi connectivity index (χ1v) is 5.71. The molecule has 0 aliphatic carbocycles. The fourth-order valence-corrected chi connectivity index (χ4v) is 1.19. The van der Waals surface area contributed by atoms with Gasteiger partial charge >= 0.3 is 0 Å². The van der Waals surface area contributed by atoms with E-state index in [1.165, 1.54) is 0 Å². The summed E-state index contributed by atoms with van der Waals surface area (Å²) in [5.74, 6) is 0.139. The van der Waals surface area contributed by atoms with Crippen LogP contribution in [0, 0.1) is 5.92 Å². The minimum absolute atomic E-state index is 0.232. The number of aliphatic hydroxyl groups excluding tert-OH is 2. The lowest BCUT2D eigenvalue weighted by Gasteiger charge is -2.22. The minimum Gasteiger partial charge on any atom is -0.392 e. The van der Waals surface area contributed by atoms with Gasteiger partial charge in [0.15, 0.2) is 0 Å². The second kappa shape index (κ2) is 7.60. The molecule has 16 heavy (non-hydrogen) atoms. The number of carbonyl (C=O) groups is 1. The molecule has 1 amide bonds. The van der Waals surface area contributed by atoms with Crippen LogP contribution >= 0.6 is 0 Å². The van der Waals surface area contributed by atoms with E-state index in [0.29, 0.717) is 12.5 Å². The number of nitrogens with one attached hydrogen (secondary N) is 2. The molecular weight excluding hydrogens is 208 g/mol. The zero-order chi connectivity index (χ0) is 12.7. The van der Waals surface area contributed by atoms with Crippen LogP contribution in [0.1, 0.15) is 27.7 Å². The first-order valence-electron chi connectivity index (χ1n) is 5.71. The van der Waals surface area contributed by atoms with Crippen molar-refractivity contribution in [1.82, 2.24) is 10.6 Å². The molecular formula is C11H24N2O3. The first-order chi connectivity index (χ1) is 7.34. The van der Waals surface area contributed by atoms with Crippen LogP contribution in [-0.4, -0.2) is 47.5 Å². The molecule has 5 heteroatoms. The number of aliphatic hydroxyl groups is 2. The topological polar surface area (TPSA) is 81.6 Å². The van der Waals surface area contributed by atoms with Gasteiger partial charge in [0, 0.05) is 13.1 Å². The summed E-state index contributed by atoms with van der Waals surface area (Å²) in [6.45, 7) is 8.04. The fourth-order valence-electron chi connectivity index (χ4n) is 1.19. The van der Waals surface area contributed by atoms with Gasteiger partial charge in [0.1, 0.15) is 6.04 Å². The molecule has 3 atom stereocenters. The van der Waals surface area contributed by atoms with Crippen molar-refractivity contribution in [3.8, 4) is 0 Å². The molecule has 0 spiro atoms. The maximum Gasteiger partial charge on any atom is 0.239 e. The zero-order valence-electron chi connectivity index (χ0n) is 10.5. The highest BCUT2D eigenvalue weighted by Crippen LogP contribution is 1.95. The van der Waals surface area contributed by atoms with Crippen LogP contribution in [0.25, 0.3) is 0 Å². The van der Waals surface area contributed by atoms with Gasteiger partial charge in [-0.25, -0.2) is 0 Å². The van der Waals surface area contributed by atoms with Crippen molar-refractivity contribution < 1.29 is 15.0 Å². The van der Waals surface area contributed by atoms with Crippen molar-refractivity contribution in [2.45, 2.75) is 45.9 Å². The van der Waals surface area contributed by atoms with E-state index in [4.69, 9.17) is 5.11 Å². The highest BCUT2D eigenvalue weighted by Gasteiger charge is 2.23. The van der Waals surface area contributed by atoms with Gasteiger partial charge < -0.3 is 20.8 Å². The van der Waals surface area contributed by atoms with Crippen molar-refractivity contribution in [3.05, 3.63) is 0 Å². The van der Waals surface area contributed by atoms with Gasteiger partial charge in [-0.1, -0.05) is 13.8 Å². The molecule has 96 valence electrons. The lowest BCUT2D eigenvalue weighted by molar-refractivity contribution is -0.125. The van der Waals surface area contributed by atoms with Gasteiger partial charge in [-0.2, -0.15) is 0 Å². The average molecular weight is 232 g/mol. The highest BCUT2D eigenvalue weighted by atomic mass is 16.3. The molecule has 0 aromatic carbocycles. The van der Waals surface area contributed by atoms with Gasteiger partial charge in [0.05, 0.1) is 12.2 Å². The van der Waals surface area contributed by atoms with E-state index in [9.17, 15) is 9.90 Å². The van der Waals surface area contributed by atoms with E-state index >= 15 is 0 Å². The molecule has 0 saturated heterocycles. The Morgan fingerprint density at radius 1 is 1.12 bits per heavy atom. The van der Waals surface area contributed by atoms with Gasteiger partial charge in [-0.15, -0.1) is 0 Å². The SMILES string of the molecule is CC(C)CNC(=O)[C@@H](NC[C@H](C)O)[C@H](C)O. The van der Waals surface area contributed by atoms with Crippen molar-refractivity contribution in [1.29, 1.82) is 0 Å². The summed E-state index contributed by atoms with van der Waals surface area (Å²) in [5, 5.41) is 24.1. The molecule has 0 aromatic heterocycles. The smallest absolute Gasteiger partial charge is 0.239 e. The van der Waals surface area contributed by atoms with Crippen LogP contribution in [0.4, 0.5) is 0 Å². The maximum absolute atomic E-state index is 11.7. The van der Waals surface area contributed by atoms with E-state index < -0.39 is 18.2 Å². The minimum atomic E-state index is -0.786. The van der Waals surface area contributed by atoms with Crippen LogP contribution < -0.4 is 10.6 Å². The Kier molecular flexibility index (Phi) is 7.29. The fraction of sp³-hybridized carbons (Fsp3) is 0.909. The van der Waals surface area contributed by atoms with Crippen LogP contribution in [0.5, 0.6) is 0 Å². The Bertz CT molecular complexity index is 205. The molecule has 0 saturated carbocycles. The molecule has 0 rings (SSSR count). The molecule has 4 N–H and O–H groups in total. The second-order valence-corrected chi connectivity index (χ2v) is 4.61. The van der Waals surface area contributed by atoms with Gasteiger partial charge in [0.2, 0.25) is 5.91 Å². The molecule has 0 unspecified atom stereocenters. The van der Waals surface area contributed by atoms with Gasteiger partial charge in [-0.05, 0) is 19.8 Å². The summed E-state index contributed by atoms with van der Waals surface area (Å²) in [4.78, 5) is 11.7. The van der Waals surface area contributed by atoms with E-state index in [0.717, 1.165) is 0 Å². The highest BCUT2D eigenvalue weighted by molar-refractivity contribution is 5.82. The summed E-state index contributed by atoms with van der Waals surface area (Å²) in [7, 11) is 0. The average Bonchev–Trinajstić information content (AvgIpc) is 2.13. The van der Waals surface area contributed by atoms with E-state index in [-0.39, 0.29) is 12.5 Å². The van der Waals surface area contributed by atoms with Crippen molar-refractivity contribution in [3.63, 3.8) is 0 Å². The summed E-state index contributed by atoms with van der Waals surface area (Å²) >= 11 is 0. The predicted molar refractivity (Wildman–Crippen MR) is 63.0 cm³/mol. The van der Waals surface area contributed by atoms with E-state index in [2.05, 4.69) is 10.6 Å². The number of hydrogen-bond acceptors (Lipinski definition) is 4. The summed E-state index contributed by atoms with van der Waals surface area (Å²) in [6.07, 6.45) is -1.33. The van der Waals surface area contributed by atoms with Crippen LogP contribution in [0.15, 0.2) is 0 Å². The van der Waals surface area contributed by atoms with E-state index in [1.807, 2.05) is 13.8 Å². The summed E-state index contributed by atoms with van der Waals surface area (Å²) < 4.78 is 0. The summed E-state index contributed by atoms with van der Waals surface area (Å²) in [6, 6.07) is -0.673. The lowest BCUT2D eigenvalue weighted by atomic mass is 10.1. The third-order valence-electron chi connectivity index (χ3n) is 2.08. The Hall–Kier alpha value is -0.650. The normalized spacial score (nSPS) is 16.9. The Labute approximate surface area is 97.2 Å². The second-order valence-electron chi connectivity index (χ2n) is 4.61. The molecule has 0 aliphatic rings. The Balaban J connectivity index is 4.14. The molecule has 0 fully saturated rings. The maximum atomic E-state index is 11.7. The van der Waals surface area contributed by atoms with Crippen LogP contribution in [-0.2, 0) is 4.79 Å². The first kappa shape index (κ1) is 15.3. The number of rotatable bonds is 7. The predicted octanol–water partition coefficient (Wildman–Crippen LogP) is -0.522. The molecule has 0 radical (unpaired) electrons. The monoisotopic (exact) mass is 232 g/mol. The van der Waals surface area contributed by atoms with Crippen molar-refractivity contribution in [2.24, 2.45) is 5.92 Å². The van der Waals surface area contributed by atoms with Crippen molar-refractivity contribution >= 4 is 5.91 Å². The quantitative estimate of drug-likeness (QED) is 0.476. The molecule has 5 nitrogen and oxygen atoms in total. The van der Waals surface area contributed by atoms with Crippen LogP contribution in [0.3, 0.4) is 0 Å². The van der Waals surface area contributed by atoms with Crippen molar-refractivity contribution in [2.75, 3.05) is 13.1 Å². The molecule has 0 bridgehead atoms. The molecule has 0 aliphatic heterocycles. The Morgan fingerprint density at radius 3 is 2.06 bits per heavy atom. The lowest BCUT2D eigenvalue weighted by Crippen LogP contribution is -2.52. The largest absolute Gasteiger partial charge is 0.392 e. The number of carbonyl (C=O) groups excluding carboxylic acids is 1. The number of amides is 1. The van der Waals surface area contributed by atoms with Crippen LogP contribution in [0.2, 0.25) is 0 Å². The Morgan fingerprint density at radius 2 is 1.69 bits per heavy atom. The van der Waals surface area contributed by atoms with E-state index in [1.54, 1.807) is 13.8 Å². The third-order valence-corrected chi connectivity index (χ3v) is 2.08. The standard InChI is InChI=1S/C11H24N2O3/c1-7(2)5-13-11(16)10(9(4)15)12-6-8(3)14/h7-10,12,14-15H,5-6H2,1-4H3,(H,13,16)/t8-,9-,10-/m0/s1. The van der Waals surface area contributed by atoms with Gasteiger partial charge in [-0.3, -0.25) is 4.79 Å². The van der Waals surface area contributed by atoms with Gasteiger partial charge in [0.25, 0.3) is 0 Å². The summed E-state index contributed by atoms with van der Waals surface area (Å²) in [5.41, 5.74) is 0. The molecule has 0 heterocycles. The number of hydrogen-bond donors (Lipinski definition) is 4.